The third kappa shape index (κ3) is 6.03. The minimum Gasteiger partial charge on any atom is -0.396 e. The van der Waals surface area contributed by atoms with Crippen molar-refractivity contribution in [3.05, 3.63) is 35.4 Å². The van der Waals surface area contributed by atoms with Gasteiger partial charge in [-0.15, -0.1) is 0 Å². The molecule has 4 N–H and O–H groups in total. The third-order valence-electron chi connectivity index (χ3n) is 5.19. The minimum atomic E-state index is -2.78. The predicted octanol–water partition coefficient (Wildman–Crippen LogP) is 2.32. The first-order valence-electron chi connectivity index (χ1n) is 9.42. The summed E-state index contributed by atoms with van der Waals surface area (Å²) >= 11 is 0. The summed E-state index contributed by atoms with van der Waals surface area (Å²) in [5.74, 6) is 3.98. The van der Waals surface area contributed by atoms with Gasteiger partial charge in [0.15, 0.2) is 0 Å². The van der Waals surface area contributed by atoms with Crippen molar-refractivity contribution < 1.29 is 23.5 Å². The van der Waals surface area contributed by atoms with E-state index in [4.69, 9.17) is 10.8 Å². The highest BCUT2D eigenvalue weighted by Crippen LogP contribution is 2.27. The van der Waals surface area contributed by atoms with E-state index in [1.165, 1.54) is 12.1 Å². The van der Waals surface area contributed by atoms with Gasteiger partial charge in [-0.05, 0) is 55.9 Å². The van der Waals surface area contributed by atoms with Gasteiger partial charge in [0.1, 0.15) is 6.04 Å². The second-order valence-corrected chi connectivity index (χ2v) is 7.29. The number of alkyl halides is 2. The van der Waals surface area contributed by atoms with Crippen molar-refractivity contribution in [2.24, 2.45) is 23.5 Å². The standard InChI is InChI=1S/C21H26F2N2O3/c1-13(19(22)23)18(20(24)27)25-21(28)17-10-8-15(9-11-17)3-2-14-4-6-16(12-26)7-5-14/h8-11,13-14,16,18-19,26H,4-7,12H2,1H3,(H2,24,27)(H,25,28). The smallest absolute Gasteiger partial charge is 0.251 e. The summed E-state index contributed by atoms with van der Waals surface area (Å²) in [6.07, 6.45) is 1.12. The fourth-order valence-electron chi connectivity index (χ4n) is 3.21. The molecule has 28 heavy (non-hydrogen) atoms. The van der Waals surface area contributed by atoms with Crippen molar-refractivity contribution in [1.82, 2.24) is 5.32 Å². The molecule has 2 unspecified atom stereocenters. The molecule has 0 heterocycles. The number of carbonyl (C=O) groups excluding carboxylic acids is 2. The van der Waals surface area contributed by atoms with Gasteiger partial charge in [0.25, 0.3) is 5.91 Å². The number of carbonyl (C=O) groups is 2. The molecule has 1 aromatic rings. The maximum absolute atomic E-state index is 12.8. The molecule has 0 radical (unpaired) electrons. The van der Waals surface area contributed by atoms with E-state index in [0.29, 0.717) is 11.8 Å². The first kappa shape index (κ1) is 21.8. The molecule has 7 heteroatoms. The summed E-state index contributed by atoms with van der Waals surface area (Å²) in [4.78, 5) is 23.6. The maximum Gasteiger partial charge on any atom is 0.251 e. The van der Waals surface area contributed by atoms with Gasteiger partial charge in [-0.3, -0.25) is 9.59 Å². The summed E-state index contributed by atoms with van der Waals surface area (Å²) in [5, 5.41) is 11.4. The van der Waals surface area contributed by atoms with Crippen LogP contribution in [-0.4, -0.2) is 36.0 Å². The third-order valence-corrected chi connectivity index (χ3v) is 5.19. The van der Waals surface area contributed by atoms with E-state index in [9.17, 15) is 18.4 Å². The number of rotatable bonds is 6. The van der Waals surface area contributed by atoms with Crippen molar-refractivity contribution in [2.75, 3.05) is 6.61 Å². The SMILES string of the molecule is CC(C(F)F)C(NC(=O)c1ccc(C#CC2CCC(CO)CC2)cc1)C(N)=O. The molecule has 1 saturated carbocycles. The highest BCUT2D eigenvalue weighted by atomic mass is 19.3. The highest BCUT2D eigenvalue weighted by molar-refractivity contribution is 5.97. The largest absolute Gasteiger partial charge is 0.396 e. The van der Waals surface area contributed by atoms with Crippen LogP contribution < -0.4 is 11.1 Å². The molecule has 2 amide bonds. The monoisotopic (exact) mass is 392 g/mol. The van der Waals surface area contributed by atoms with Crippen molar-refractivity contribution in [3.8, 4) is 11.8 Å². The molecule has 0 bridgehead atoms. The van der Waals surface area contributed by atoms with Gasteiger partial charge in [-0.1, -0.05) is 18.8 Å². The maximum atomic E-state index is 12.8. The molecule has 2 atom stereocenters. The van der Waals surface area contributed by atoms with Crippen LogP contribution in [0, 0.1) is 29.6 Å². The molecule has 152 valence electrons. The van der Waals surface area contributed by atoms with Crippen molar-refractivity contribution in [1.29, 1.82) is 0 Å². The number of nitrogens with two attached hydrogens (primary N) is 1. The number of hydrogen-bond acceptors (Lipinski definition) is 3. The normalized spacial score (nSPS) is 21.3. The van der Waals surface area contributed by atoms with Crippen LogP contribution in [0.2, 0.25) is 0 Å². The molecule has 5 nitrogen and oxygen atoms in total. The topological polar surface area (TPSA) is 92.4 Å². The van der Waals surface area contributed by atoms with Crippen LogP contribution in [0.4, 0.5) is 8.78 Å². The Labute approximate surface area is 163 Å². The van der Waals surface area contributed by atoms with Crippen LogP contribution in [0.1, 0.15) is 48.5 Å². The molecule has 0 saturated heterocycles. The lowest BCUT2D eigenvalue weighted by atomic mass is 9.83. The van der Waals surface area contributed by atoms with E-state index >= 15 is 0 Å². The van der Waals surface area contributed by atoms with E-state index in [1.807, 2.05) is 0 Å². The Balaban J connectivity index is 1.97. The molecule has 0 aliphatic heterocycles. The lowest BCUT2D eigenvalue weighted by Gasteiger charge is -2.23. The Morgan fingerprint density at radius 1 is 1.21 bits per heavy atom. The molecule has 1 aliphatic rings. The number of hydrogen-bond donors (Lipinski definition) is 3. The van der Waals surface area contributed by atoms with Gasteiger partial charge < -0.3 is 16.2 Å². The van der Waals surface area contributed by atoms with Crippen LogP contribution >= 0.6 is 0 Å². The van der Waals surface area contributed by atoms with E-state index in [0.717, 1.165) is 38.2 Å². The molecule has 0 aromatic heterocycles. The fraction of sp³-hybridized carbons (Fsp3) is 0.524. The summed E-state index contributed by atoms with van der Waals surface area (Å²) in [5.41, 5.74) is 6.12. The number of amides is 2. The number of halogens is 2. The number of benzene rings is 1. The molecule has 1 aromatic carbocycles. The Bertz CT molecular complexity index is 732. The summed E-state index contributed by atoms with van der Waals surface area (Å²) < 4.78 is 25.7. The van der Waals surface area contributed by atoms with Crippen LogP contribution in [0.25, 0.3) is 0 Å². The van der Waals surface area contributed by atoms with Crippen molar-refractivity contribution >= 4 is 11.8 Å². The highest BCUT2D eigenvalue weighted by Gasteiger charge is 2.31. The molecule has 1 fully saturated rings. The quantitative estimate of drug-likeness (QED) is 0.649. The summed E-state index contributed by atoms with van der Waals surface area (Å²) in [6.45, 7) is 1.39. The van der Waals surface area contributed by atoms with E-state index in [-0.39, 0.29) is 12.2 Å². The Morgan fingerprint density at radius 2 is 1.82 bits per heavy atom. The van der Waals surface area contributed by atoms with Crippen LogP contribution in [0.5, 0.6) is 0 Å². The number of primary amides is 1. The molecule has 2 rings (SSSR count). The van der Waals surface area contributed by atoms with Gasteiger partial charge in [-0.25, -0.2) is 8.78 Å². The van der Waals surface area contributed by atoms with Crippen LogP contribution in [0.3, 0.4) is 0 Å². The number of aliphatic hydroxyl groups is 1. The zero-order valence-corrected chi connectivity index (χ0v) is 15.8. The van der Waals surface area contributed by atoms with Gasteiger partial charge in [0, 0.05) is 29.6 Å². The zero-order chi connectivity index (χ0) is 20.7. The molecule has 0 spiro atoms. The second-order valence-electron chi connectivity index (χ2n) is 7.29. The number of nitrogens with one attached hydrogen (secondary N) is 1. The lowest BCUT2D eigenvalue weighted by Crippen LogP contribution is -2.50. The average Bonchev–Trinajstić information content (AvgIpc) is 2.70. The van der Waals surface area contributed by atoms with E-state index in [1.54, 1.807) is 12.1 Å². The first-order valence-corrected chi connectivity index (χ1v) is 9.42. The van der Waals surface area contributed by atoms with E-state index < -0.39 is 30.2 Å². The van der Waals surface area contributed by atoms with Crippen molar-refractivity contribution in [3.63, 3.8) is 0 Å². The number of aliphatic hydroxyl groups excluding tert-OH is 1. The predicted molar refractivity (Wildman–Crippen MR) is 101 cm³/mol. The van der Waals surface area contributed by atoms with Gasteiger partial charge in [0.05, 0.1) is 0 Å². The average molecular weight is 392 g/mol. The van der Waals surface area contributed by atoms with Crippen LogP contribution in [0.15, 0.2) is 24.3 Å². The molecule has 1 aliphatic carbocycles. The first-order chi connectivity index (χ1) is 13.3. The summed E-state index contributed by atoms with van der Waals surface area (Å²) in [6, 6.07) is 4.98. The summed E-state index contributed by atoms with van der Waals surface area (Å²) in [7, 11) is 0. The fourth-order valence-corrected chi connectivity index (χ4v) is 3.21. The lowest BCUT2D eigenvalue weighted by molar-refractivity contribution is -0.122. The minimum absolute atomic E-state index is 0.233. The zero-order valence-electron chi connectivity index (χ0n) is 15.8. The molecular weight excluding hydrogens is 366 g/mol. The van der Waals surface area contributed by atoms with E-state index in [2.05, 4.69) is 17.2 Å². The van der Waals surface area contributed by atoms with Crippen molar-refractivity contribution in [2.45, 2.75) is 45.1 Å². The Kier molecular flexibility index (Phi) is 7.94. The van der Waals surface area contributed by atoms with Gasteiger partial charge in [0.2, 0.25) is 12.3 Å². The van der Waals surface area contributed by atoms with Gasteiger partial charge >= 0.3 is 0 Å². The Hall–Kier alpha value is -2.46. The molecular formula is C21H26F2N2O3. The van der Waals surface area contributed by atoms with Gasteiger partial charge in [-0.2, -0.15) is 0 Å². The second kappa shape index (κ2) is 10.2. The Morgan fingerprint density at radius 3 is 2.32 bits per heavy atom. The van der Waals surface area contributed by atoms with Crippen LogP contribution in [-0.2, 0) is 4.79 Å².